The van der Waals surface area contributed by atoms with Crippen molar-refractivity contribution in [2.24, 2.45) is 11.7 Å². The van der Waals surface area contributed by atoms with Crippen molar-refractivity contribution in [3.63, 3.8) is 0 Å². The van der Waals surface area contributed by atoms with Gasteiger partial charge in [-0.1, -0.05) is 38.1 Å². The predicted octanol–water partition coefficient (Wildman–Crippen LogP) is 4.70. The van der Waals surface area contributed by atoms with Crippen molar-refractivity contribution in [1.29, 1.82) is 0 Å². The molecular formula is C34H42ClN7O4S. The highest BCUT2D eigenvalue weighted by atomic mass is 35.5. The SMILES string of the molecule is Cc1ncsc1-c1ccc([C@H](C)NC(=O)[C@@H]2C[C@@H](O)CN2C(=O)[C@@H](C(C)C)n2cc(-c3ccnc(O[C@H]4C[C@H](N)C4)c3)cn2)cc1.Cl. The molecule has 6 rings (SSSR count). The Hall–Kier alpha value is -3.84. The number of amides is 2. The molecule has 2 fully saturated rings. The van der Waals surface area contributed by atoms with Crippen LogP contribution in [0.25, 0.3) is 21.6 Å². The van der Waals surface area contributed by atoms with Crippen molar-refractivity contribution in [3.8, 4) is 27.4 Å². The summed E-state index contributed by atoms with van der Waals surface area (Å²) in [6.45, 7) is 7.89. The summed E-state index contributed by atoms with van der Waals surface area (Å²) in [5.74, 6) is -0.141. The number of aliphatic hydroxyl groups excluding tert-OH is 1. The van der Waals surface area contributed by atoms with E-state index in [1.165, 1.54) is 4.90 Å². The minimum atomic E-state index is -0.793. The molecule has 4 aromatic rings. The van der Waals surface area contributed by atoms with Gasteiger partial charge in [0.25, 0.3) is 0 Å². The Labute approximate surface area is 285 Å². The Balaban J connectivity index is 0.00000433. The molecule has 4 heterocycles. The van der Waals surface area contributed by atoms with Gasteiger partial charge in [-0.15, -0.1) is 23.7 Å². The minimum absolute atomic E-state index is 0. The van der Waals surface area contributed by atoms with Gasteiger partial charge in [0.05, 0.1) is 34.4 Å². The monoisotopic (exact) mass is 679 g/mol. The van der Waals surface area contributed by atoms with Crippen molar-refractivity contribution in [2.45, 2.75) is 83.3 Å². The molecule has 0 spiro atoms. The van der Waals surface area contributed by atoms with E-state index in [0.717, 1.165) is 45.7 Å². The number of aliphatic hydroxyl groups is 1. The van der Waals surface area contributed by atoms with Crippen LogP contribution in [0.15, 0.2) is 60.5 Å². The van der Waals surface area contributed by atoms with Gasteiger partial charge in [0.2, 0.25) is 17.7 Å². The van der Waals surface area contributed by atoms with E-state index in [-0.39, 0.29) is 61.3 Å². The van der Waals surface area contributed by atoms with Crippen LogP contribution in [0, 0.1) is 12.8 Å². The van der Waals surface area contributed by atoms with Crippen molar-refractivity contribution >= 4 is 35.6 Å². The molecule has 1 aliphatic carbocycles. The molecule has 1 aromatic carbocycles. The molecule has 47 heavy (non-hydrogen) atoms. The van der Waals surface area contributed by atoms with Gasteiger partial charge in [0, 0.05) is 43.0 Å². The number of benzene rings is 1. The van der Waals surface area contributed by atoms with E-state index in [4.69, 9.17) is 10.5 Å². The number of aromatic nitrogens is 4. The van der Waals surface area contributed by atoms with E-state index in [1.807, 2.05) is 75.8 Å². The highest BCUT2D eigenvalue weighted by Gasteiger charge is 2.43. The summed E-state index contributed by atoms with van der Waals surface area (Å²) in [5.41, 5.74) is 12.4. The molecule has 0 unspecified atom stereocenters. The first kappa shape index (κ1) is 34.5. The lowest BCUT2D eigenvalue weighted by Gasteiger charge is -2.32. The second-order valence-corrected chi connectivity index (χ2v) is 13.6. The fraction of sp³-hybridized carbons (Fsp3) is 0.441. The summed E-state index contributed by atoms with van der Waals surface area (Å²) in [6.07, 6.45) is 6.32. The number of hydrogen-bond acceptors (Lipinski definition) is 9. The highest BCUT2D eigenvalue weighted by Crippen LogP contribution is 2.31. The molecule has 0 bridgehead atoms. The second kappa shape index (κ2) is 14.5. The molecule has 1 aliphatic heterocycles. The highest BCUT2D eigenvalue weighted by molar-refractivity contribution is 7.13. The number of ether oxygens (including phenoxy) is 1. The van der Waals surface area contributed by atoms with Crippen LogP contribution in [0.2, 0.25) is 0 Å². The number of hydrogen-bond donors (Lipinski definition) is 3. The zero-order valence-corrected chi connectivity index (χ0v) is 28.6. The summed E-state index contributed by atoms with van der Waals surface area (Å²) >= 11 is 1.60. The van der Waals surface area contributed by atoms with Crippen LogP contribution in [-0.4, -0.2) is 72.4 Å². The standard InChI is InChI=1S/C34H41N7O4S.ClH/c1-19(2)31(41-16-25(15-38-41)24-9-10-36-30(11-24)45-28-12-26(35)13-28)34(44)40-17-27(42)14-29(40)33(43)39-20(3)22-5-7-23(8-6-22)32-21(4)37-18-46-32;/h5-11,15-16,18-20,26-29,31,42H,12-14,17,35H2,1-4H3,(H,39,43);1H/t20-,26-,27+,28-,29-,31+;/m0./s1. The summed E-state index contributed by atoms with van der Waals surface area (Å²) in [6, 6.07) is 10.2. The summed E-state index contributed by atoms with van der Waals surface area (Å²) in [5, 5.41) is 18.2. The molecule has 4 atom stereocenters. The molecular weight excluding hydrogens is 638 g/mol. The lowest BCUT2D eigenvalue weighted by molar-refractivity contribution is -0.142. The van der Waals surface area contributed by atoms with Gasteiger partial charge >= 0.3 is 0 Å². The van der Waals surface area contributed by atoms with E-state index in [2.05, 4.69) is 20.4 Å². The fourth-order valence-electron chi connectivity index (χ4n) is 6.24. The summed E-state index contributed by atoms with van der Waals surface area (Å²) < 4.78 is 7.62. The Kier molecular flexibility index (Phi) is 10.6. The van der Waals surface area contributed by atoms with E-state index < -0.39 is 18.2 Å². The lowest BCUT2D eigenvalue weighted by atomic mass is 9.90. The minimum Gasteiger partial charge on any atom is -0.474 e. The van der Waals surface area contributed by atoms with Crippen LogP contribution in [-0.2, 0) is 9.59 Å². The summed E-state index contributed by atoms with van der Waals surface area (Å²) in [7, 11) is 0. The third-order valence-electron chi connectivity index (χ3n) is 8.90. The van der Waals surface area contributed by atoms with Crippen LogP contribution in [0.5, 0.6) is 5.88 Å². The van der Waals surface area contributed by atoms with Crippen LogP contribution >= 0.6 is 23.7 Å². The maximum atomic E-state index is 14.1. The number of nitrogens with two attached hydrogens (primary N) is 1. The first-order valence-corrected chi connectivity index (χ1v) is 16.7. The van der Waals surface area contributed by atoms with Gasteiger partial charge in [-0.25, -0.2) is 9.97 Å². The Morgan fingerprint density at radius 2 is 1.81 bits per heavy atom. The molecule has 250 valence electrons. The number of thiazole rings is 1. The van der Waals surface area contributed by atoms with Crippen LogP contribution in [0.4, 0.5) is 0 Å². The normalized spacial score (nSPS) is 21.9. The fourth-order valence-corrected chi connectivity index (χ4v) is 7.05. The first-order valence-electron chi connectivity index (χ1n) is 15.8. The molecule has 13 heteroatoms. The van der Waals surface area contributed by atoms with Crippen LogP contribution in [0.3, 0.4) is 0 Å². The zero-order chi connectivity index (χ0) is 32.5. The van der Waals surface area contributed by atoms with Crippen molar-refractivity contribution in [3.05, 3.63) is 71.8 Å². The zero-order valence-electron chi connectivity index (χ0n) is 26.9. The van der Waals surface area contributed by atoms with Gasteiger partial charge in [0.15, 0.2) is 0 Å². The second-order valence-electron chi connectivity index (χ2n) is 12.8. The maximum absolute atomic E-state index is 14.1. The van der Waals surface area contributed by atoms with Crippen LogP contribution < -0.4 is 15.8 Å². The molecule has 2 aliphatic rings. The largest absolute Gasteiger partial charge is 0.474 e. The third kappa shape index (κ3) is 7.51. The van der Waals surface area contributed by atoms with E-state index in [1.54, 1.807) is 28.4 Å². The van der Waals surface area contributed by atoms with Crippen molar-refractivity contribution < 1.29 is 19.4 Å². The van der Waals surface area contributed by atoms with Gasteiger partial charge in [-0.3, -0.25) is 14.3 Å². The van der Waals surface area contributed by atoms with E-state index in [0.29, 0.717) is 5.88 Å². The number of halogens is 1. The number of likely N-dealkylation sites (tertiary alicyclic amines) is 1. The number of carbonyl (C=O) groups is 2. The van der Waals surface area contributed by atoms with E-state index >= 15 is 0 Å². The lowest BCUT2D eigenvalue weighted by Crippen LogP contribution is -2.49. The molecule has 0 radical (unpaired) electrons. The average molecular weight is 680 g/mol. The number of carbonyl (C=O) groups excluding carboxylic acids is 2. The topological polar surface area (TPSA) is 148 Å². The molecule has 11 nitrogen and oxygen atoms in total. The van der Waals surface area contributed by atoms with E-state index in [9.17, 15) is 14.7 Å². The third-order valence-corrected chi connectivity index (χ3v) is 9.88. The molecule has 3 aromatic heterocycles. The summed E-state index contributed by atoms with van der Waals surface area (Å²) in [4.78, 5) is 39.0. The molecule has 1 saturated carbocycles. The number of aryl methyl sites for hydroxylation is 1. The van der Waals surface area contributed by atoms with Crippen molar-refractivity contribution in [1.82, 2.24) is 30.0 Å². The van der Waals surface area contributed by atoms with Gasteiger partial charge in [0.1, 0.15) is 18.2 Å². The molecule has 4 N–H and O–H groups in total. The smallest absolute Gasteiger partial charge is 0.248 e. The van der Waals surface area contributed by atoms with Gasteiger partial charge in [-0.05, 0) is 55.4 Å². The number of nitrogens with one attached hydrogen (secondary N) is 1. The van der Waals surface area contributed by atoms with Gasteiger partial charge in [-0.2, -0.15) is 5.10 Å². The quantitative estimate of drug-likeness (QED) is 0.218. The number of β-amino-alcohol motifs (C(OH)–C–C–N with tert-alkyl or cyclic N) is 1. The van der Waals surface area contributed by atoms with Crippen molar-refractivity contribution in [2.75, 3.05) is 6.54 Å². The van der Waals surface area contributed by atoms with Gasteiger partial charge < -0.3 is 25.8 Å². The number of nitrogens with zero attached hydrogens (tertiary/aromatic N) is 5. The number of pyridine rings is 1. The predicted molar refractivity (Wildman–Crippen MR) is 183 cm³/mol. The van der Waals surface area contributed by atoms with Crippen LogP contribution in [0.1, 0.15) is 63.4 Å². The first-order chi connectivity index (χ1) is 22.1. The Bertz CT molecular complexity index is 1690. The Morgan fingerprint density at radius 3 is 2.47 bits per heavy atom. The Morgan fingerprint density at radius 1 is 1.06 bits per heavy atom. The average Bonchev–Trinajstić information content (AvgIpc) is 3.76. The maximum Gasteiger partial charge on any atom is 0.248 e. The molecule has 2 amide bonds. The molecule has 1 saturated heterocycles. The number of rotatable bonds is 10.